The van der Waals surface area contributed by atoms with Crippen molar-refractivity contribution in [3.8, 4) is 11.4 Å². The highest BCUT2D eigenvalue weighted by Crippen LogP contribution is 2.24. The van der Waals surface area contributed by atoms with Gasteiger partial charge in [0, 0.05) is 24.9 Å². The van der Waals surface area contributed by atoms with Crippen molar-refractivity contribution in [2.24, 2.45) is 0 Å². The summed E-state index contributed by atoms with van der Waals surface area (Å²) in [6, 6.07) is 11.7. The fourth-order valence-electron chi connectivity index (χ4n) is 2.58. The van der Waals surface area contributed by atoms with Gasteiger partial charge in [0.25, 0.3) is 0 Å². The highest BCUT2D eigenvalue weighted by Gasteiger charge is 2.14. The standard InChI is InChI=1S/C19H20N6O3S/c1-12-6-7-16(26)15(10-12)17(27)8-9-29-19-22-23-24-25(19)14-5-3-4-13(11-14)21-18(28)20-2/h3-7,10-11,26H,8-9H2,1-2H3,(H2,20,21,28). The van der Waals surface area contributed by atoms with E-state index in [0.29, 0.717) is 27.8 Å². The fraction of sp³-hybridized carbons (Fsp3) is 0.211. The highest BCUT2D eigenvalue weighted by atomic mass is 32.2. The number of urea groups is 1. The molecule has 0 radical (unpaired) electrons. The Kier molecular flexibility index (Phi) is 6.45. The van der Waals surface area contributed by atoms with Crippen LogP contribution in [0.4, 0.5) is 10.5 Å². The van der Waals surface area contributed by atoms with Crippen LogP contribution in [0.3, 0.4) is 0 Å². The van der Waals surface area contributed by atoms with Gasteiger partial charge in [0.15, 0.2) is 5.78 Å². The number of nitrogens with zero attached hydrogens (tertiary/aromatic N) is 4. The molecule has 2 aromatic carbocycles. The van der Waals surface area contributed by atoms with Crippen molar-refractivity contribution in [3.05, 3.63) is 53.6 Å². The van der Waals surface area contributed by atoms with Gasteiger partial charge in [0.05, 0.1) is 11.3 Å². The van der Waals surface area contributed by atoms with Crippen LogP contribution < -0.4 is 10.6 Å². The number of anilines is 1. The SMILES string of the molecule is CNC(=O)Nc1cccc(-n2nnnc2SCCC(=O)c2cc(C)ccc2O)c1. The molecule has 0 unspecified atom stereocenters. The zero-order valence-corrected chi connectivity index (χ0v) is 16.7. The number of aromatic nitrogens is 4. The first kappa shape index (κ1) is 20.3. The molecule has 1 heterocycles. The van der Waals surface area contributed by atoms with Gasteiger partial charge in [0.1, 0.15) is 5.75 Å². The van der Waals surface area contributed by atoms with E-state index in [1.54, 1.807) is 30.3 Å². The Morgan fingerprint density at radius 1 is 1.21 bits per heavy atom. The van der Waals surface area contributed by atoms with Crippen LogP contribution in [0.1, 0.15) is 22.3 Å². The molecule has 0 aliphatic carbocycles. The minimum absolute atomic E-state index is 0.0177. The van der Waals surface area contributed by atoms with E-state index in [1.807, 2.05) is 13.0 Å². The van der Waals surface area contributed by atoms with Crippen LogP contribution in [0.15, 0.2) is 47.6 Å². The monoisotopic (exact) mass is 412 g/mol. The van der Waals surface area contributed by atoms with Crippen molar-refractivity contribution in [1.29, 1.82) is 0 Å². The number of benzene rings is 2. The van der Waals surface area contributed by atoms with E-state index in [4.69, 9.17) is 0 Å². The summed E-state index contributed by atoms with van der Waals surface area (Å²) in [6.07, 6.45) is 0.229. The third-order valence-corrected chi connectivity index (χ3v) is 4.95. The maximum absolute atomic E-state index is 12.4. The van der Waals surface area contributed by atoms with E-state index in [0.717, 1.165) is 5.56 Å². The van der Waals surface area contributed by atoms with Gasteiger partial charge in [-0.15, -0.1) is 5.10 Å². The van der Waals surface area contributed by atoms with Crippen LogP contribution in [0, 0.1) is 6.92 Å². The van der Waals surface area contributed by atoms with Gasteiger partial charge < -0.3 is 15.7 Å². The molecule has 0 fully saturated rings. The number of tetrazole rings is 1. The second kappa shape index (κ2) is 9.20. The number of ketones is 1. The van der Waals surface area contributed by atoms with E-state index >= 15 is 0 Å². The van der Waals surface area contributed by atoms with Gasteiger partial charge in [-0.1, -0.05) is 29.5 Å². The quantitative estimate of drug-likeness (QED) is 0.403. The largest absolute Gasteiger partial charge is 0.507 e. The molecule has 9 nitrogen and oxygen atoms in total. The number of phenolic OH excluding ortho intramolecular Hbond substituents is 1. The molecule has 0 aliphatic heterocycles. The molecule has 3 aromatic rings. The molecule has 3 N–H and O–H groups in total. The Balaban J connectivity index is 1.67. The summed E-state index contributed by atoms with van der Waals surface area (Å²) < 4.78 is 1.54. The van der Waals surface area contributed by atoms with Crippen LogP contribution in [-0.4, -0.2) is 49.9 Å². The number of thioether (sulfide) groups is 1. The fourth-order valence-corrected chi connectivity index (χ4v) is 3.41. The zero-order valence-electron chi connectivity index (χ0n) is 15.9. The van der Waals surface area contributed by atoms with E-state index in [1.165, 1.54) is 29.6 Å². The Hall–Kier alpha value is -3.40. The Morgan fingerprint density at radius 3 is 2.83 bits per heavy atom. The second-order valence-electron chi connectivity index (χ2n) is 6.17. The molecule has 0 saturated heterocycles. The van der Waals surface area contributed by atoms with Gasteiger partial charge >= 0.3 is 6.03 Å². The molecule has 150 valence electrons. The molecule has 0 atom stereocenters. The first-order valence-electron chi connectivity index (χ1n) is 8.81. The van der Waals surface area contributed by atoms with Crippen molar-refractivity contribution in [2.75, 3.05) is 18.1 Å². The molecule has 3 rings (SSSR count). The lowest BCUT2D eigenvalue weighted by molar-refractivity contribution is 0.0987. The molecule has 2 amide bonds. The zero-order chi connectivity index (χ0) is 20.8. The average molecular weight is 412 g/mol. The number of phenols is 1. The van der Waals surface area contributed by atoms with Gasteiger partial charge in [-0.2, -0.15) is 4.68 Å². The molecular formula is C19H20N6O3S. The molecule has 29 heavy (non-hydrogen) atoms. The summed E-state index contributed by atoms with van der Waals surface area (Å²) in [5, 5.41) is 27.3. The molecular weight excluding hydrogens is 392 g/mol. The topological polar surface area (TPSA) is 122 Å². The number of Topliss-reactive ketones (excluding diaryl/α,β-unsaturated/α-hetero) is 1. The van der Waals surface area contributed by atoms with Crippen molar-refractivity contribution in [2.45, 2.75) is 18.5 Å². The maximum atomic E-state index is 12.4. The number of hydrogen-bond acceptors (Lipinski definition) is 7. The van der Waals surface area contributed by atoms with Gasteiger partial charge in [-0.25, -0.2) is 4.79 Å². The number of nitrogens with one attached hydrogen (secondary N) is 2. The third kappa shape index (κ3) is 5.11. The lowest BCUT2D eigenvalue weighted by Crippen LogP contribution is -2.24. The normalized spacial score (nSPS) is 10.6. The van der Waals surface area contributed by atoms with E-state index in [9.17, 15) is 14.7 Å². The Labute approximate surface area is 171 Å². The third-order valence-electron chi connectivity index (χ3n) is 4.03. The number of amides is 2. The number of aryl methyl sites for hydroxylation is 1. The summed E-state index contributed by atoms with van der Waals surface area (Å²) in [5.74, 6) is 0.285. The number of rotatable bonds is 7. The highest BCUT2D eigenvalue weighted by molar-refractivity contribution is 7.99. The van der Waals surface area contributed by atoms with Crippen molar-refractivity contribution >= 4 is 29.3 Å². The Bertz CT molecular complexity index is 1040. The maximum Gasteiger partial charge on any atom is 0.318 e. The molecule has 10 heteroatoms. The van der Waals surface area contributed by atoms with Gasteiger partial charge in [-0.05, 0) is 47.7 Å². The minimum Gasteiger partial charge on any atom is -0.507 e. The van der Waals surface area contributed by atoms with E-state index in [2.05, 4.69) is 26.2 Å². The summed E-state index contributed by atoms with van der Waals surface area (Å²) >= 11 is 1.33. The van der Waals surface area contributed by atoms with Crippen molar-refractivity contribution in [3.63, 3.8) is 0 Å². The summed E-state index contributed by atoms with van der Waals surface area (Å²) in [4.78, 5) is 23.9. The molecule has 0 saturated carbocycles. The Morgan fingerprint density at radius 2 is 2.03 bits per heavy atom. The van der Waals surface area contributed by atoms with E-state index < -0.39 is 0 Å². The minimum atomic E-state index is -0.327. The number of hydrogen-bond donors (Lipinski definition) is 3. The van der Waals surface area contributed by atoms with Crippen LogP contribution in [0.2, 0.25) is 0 Å². The predicted octanol–water partition coefficient (Wildman–Crippen LogP) is 2.79. The van der Waals surface area contributed by atoms with Gasteiger partial charge in [-0.3, -0.25) is 4.79 Å². The van der Waals surface area contributed by atoms with Crippen molar-refractivity contribution in [1.82, 2.24) is 25.5 Å². The summed E-state index contributed by atoms with van der Waals surface area (Å²) in [7, 11) is 1.53. The molecule has 1 aromatic heterocycles. The predicted molar refractivity (Wildman–Crippen MR) is 110 cm³/mol. The average Bonchev–Trinajstić information content (AvgIpc) is 3.18. The number of carbonyl (C=O) groups excluding carboxylic acids is 2. The van der Waals surface area contributed by atoms with Crippen LogP contribution in [0.25, 0.3) is 5.69 Å². The molecule has 0 bridgehead atoms. The lowest BCUT2D eigenvalue weighted by atomic mass is 10.1. The number of aromatic hydroxyl groups is 1. The van der Waals surface area contributed by atoms with Crippen LogP contribution in [0.5, 0.6) is 5.75 Å². The molecule has 0 aliphatic rings. The lowest BCUT2D eigenvalue weighted by Gasteiger charge is -2.08. The van der Waals surface area contributed by atoms with Crippen molar-refractivity contribution < 1.29 is 14.7 Å². The summed E-state index contributed by atoms with van der Waals surface area (Å²) in [6.45, 7) is 1.87. The van der Waals surface area contributed by atoms with E-state index in [-0.39, 0.29) is 24.0 Å². The number of carbonyl (C=O) groups is 2. The van der Waals surface area contributed by atoms with Crippen LogP contribution in [-0.2, 0) is 0 Å². The summed E-state index contributed by atoms with van der Waals surface area (Å²) in [5.41, 5.74) is 2.50. The van der Waals surface area contributed by atoms with Crippen LogP contribution >= 0.6 is 11.8 Å². The second-order valence-corrected chi connectivity index (χ2v) is 7.23. The molecule has 0 spiro atoms. The first-order chi connectivity index (χ1) is 14.0. The van der Waals surface area contributed by atoms with Gasteiger partial charge in [0.2, 0.25) is 5.16 Å². The smallest absolute Gasteiger partial charge is 0.318 e. The first-order valence-corrected chi connectivity index (χ1v) is 9.79.